The Balaban J connectivity index is 1.46. The molecule has 4 aromatic rings. The monoisotopic (exact) mass is 615 g/mol. The maximum Gasteiger partial charge on any atom is 0.332 e. The van der Waals surface area contributed by atoms with Crippen molar-refractivity contribution in [2.24, 2.45) is 0 Å². The van der Waals surface area contributed by atoms with Gasteiger partial charge in [-0.15, -0.1) is 11.3 Å². The van der Waals surface area contributed by atoms with Gasteiger partial charge in [0.05, 0.1) is 45.8 Å². The molecule has 42 heavy (non-hydrogen) atoms. The summed E-state index contributed by atoms with van der Waals surface area (Å²) in [6.07, 6.45) is 1.66. The third-order valence-corrected chi connectivity index (χ3v) is 9.33. The number of nitrogens with zero attached hydrogens (tertiary/aromatic N) is 2. The Bertz CT molecular complexity index is 1660. The fourth-order valence-corrected chi connectivity index (χ4v) is 5.94. The average molecular weight is 616 g/mol. The lowest BCUT2D eigenvalue weighted by molar-refractivity contribution is -0.160. The number of carbonyl (C=O) groups excluding carboxylic acids is 1. The minimum atomic E-state index is -3.78. The van der Waals surface area contributed by atoms with Crippen LogP contribution in [0.15, 0.2) is 53.0 Å². The second kappa shape index (κ2) is 12.9. The molecule has 2 aromatic carbocycles. The van der Waals surface area contributed by atoms with Crippen molar-refractivity contribution >= 4 is 59.6 Å². The van der Waals surface area contributed by atoms with E-state index >= 15 is 0 Å². The van der Waals surface area contributed by atoms with Crippen LogP contribution in [0.4, 0.5) is 11.4 Å². The largest absolute Gasteiger partial charge is 0.490 e. The summed E-state index contributed by atoms with van der Waals surface area (Å²) in [5.41, 5.74) is 4.23. The Labute approximate surface area is 250 Å². The van der Waals surface area contributed by atoms with Crippen LogP contribution in [-0.2, 0) is 28.8 Å². The van der Waals surface area contributed by atoms with Crippen LogP contribution in [-0.4, -0.2) is 67.7 Å². The molecule has 0 unspecified atom stereocenters. The van der Waals surface area contributed by atoms with Crippen LogP contribution in [0.25, 0.3) is 21.1 Å². The summed E-state index contributed by atoms with van der Waals surface area (Å²) >= 11 is 1.57. The van der Waals surface area contributed by atoms with Gasteiger partial charge in [0.1, 0.15) is 29.5 Å². The highest BCUT2D eigenvalue weighted by molar-refractivity contribution is 7.92. The number of hydrogen-bond donors (Lipinski definition) is 1. The van der Waals surface area contributed by atoms with Gasteiger partial charge in [0.25, 0.3) is 0 Å². The quantitative estimate of drug-likeness (QED) is 0.152. The van der Waals surface area contributed by atoms with Gasteiger partial charge in [-0.2, -0.15) is 0 Å². The van der Waals surface area contributed by atoms with E-state index in [1.165, 1.54) is 0 Å². The van der Waals surface area contributed by atoms with Crippen LogP contribution in [0.5, 0.6) is 5.75 Å². The number of carbonyl (C=O) groups is 1. The van der Waals surface area contributed by atoms with E-state index in [0.29, 0.717) is 16.6 Å². The average Bonchev–Trinajstić information content (AvgIpc) is 3.36. The van der Waals surface area contributed by atoms with Crippen LogP contribution in [0.3, 0.4) is 0 Å². The number of sulfone groups is 1. The van der Waals surface area contributed by atoms with Gasteiger partial charge in [0, 0.05) is 29.0 Å². The molecule has 12 heteroatoms. The number of rotatable bonds is 12. The smallest absolute Gasteiger partial charge is 0.332 e. The van der Waals surface area contributed by atoms with Gasteiger partial charge >= 0.3 is 5.97 Å². The summed E-state index contributed by atoms with van der Waals surface area (Å²) < 4.78 is 49.3. The molecule has 2 aromatic heterocycles. The van der Waals surface area contributed by atoms with Crippen molar-refractivity contribution in [2.75, 3.05) is 38.4 Å². The summed E-state index contributed by atoms with van der Waals surface area (Å²) in [6.45, 7) is 10.9. The van der Waals surface area contributed by atoms with Gasteiger partial charge in [-0.05, 0) is 71.9 Å². The molecular weight excluding hydrogens is 578 g/mol. The van der Waals surface area contributed by atoms with Crippen molar-refractivity contribution in [3.63, 3.8) is 0 Å². The van der Waals surface area contributed by atoms with Crippen molar-refractivity contribution in [2.45, 2.75) is 56.8 Å². The van der Waals surface area contributed by atoms with E-state index in [-0.39, 0.29) is 43.7 Å². The summed E-state index contributed by atoms with van der Waals surface area (Å²) in [6, 6.07) is 11.0. The van der Waals surface area contributed by atoms with E-state index in [9.17, 15) is 13.2 Å². The number of fused-ring (bicyclic) bond motifs is 2. The van der Waals surface area contributed by atoms with Crippen LogP contribution in [0, 0.1) is 0 Å². The fraction of sp³-hybridized carbons (Fsp3) is 0.433. The van der Waals surface area contributed by atoms with Crippen molar-refractivity contribution in [3.05, 3.63) is 48.1 Å². The zero-order chi connectivity index (χ0) is 30.5. The van der Waals surface area contributed by atoms with Crippen molar-refractivity contribution in [3.8, 4) is 5.75 Å². The Kier molecular flexibility index (Phi) is 9.71. The Morgan fingerprint density at radius 2 is 1.64 bits per heavy atom. The number of hydrogen-bond acceptors (Lipinski definition) is 11. The normalized spacial score (nSPS) is 12.5. The second-order valence-electron chi connectivity index (χ2n) is 11.6. The van der Waals surface area contributed by atoms with Crippen LogP contribution in [0.2, 0.25) is 0 Å². The molecule has 1 N–H and O–H groups in total. The third kappa shape index (κ3) is 7.94. The first-order valence-corrected chi connectivity index (χ1v) is 15.9. The van der Waals surface area contributed by atoms with Gasteiger partial charge in [0.2, 0.25) is 0 Å². The summed E-state index contributed by atoms with van der Waals surface area (Å²) in [5, 5.41) is 4.03. The minimum absolute atomic E-state index is 0.0780. The van der Waals surface area contributed by atoms with E-state index in [1.54, 1.807) is 82.8 Å². The molecule has 226 valence electrons. The van der Waals surface area contributed by atoms with Gasteiger partial charge in [-0.1, -0.05) is 0 Å². The first kappa shape index (κ1) is 31.6. The molecule has 2 heterocycles. The zero-order valence-corrected chi connectivity index (χ0v) is 26.4. The van der Waals surface area contributed by atoms with E-state index in [4.69, 9.17) is 18.9 Å². The van der Waals surface area contributed by atoms with Gasteiger partial charge in [-0.25, -0.2) is 18.2 Å². The SMILES string of the molecule is CC(C)(C)OC(=O)COCCOCCOc1cc2nccc(Nc3ccc4scnc4c3)c2cc1S(=O)(=O)C(C)(C)C. The number of anilines is 2. The second-order valence-corrected chi connectivity index (χ2v) is 15.1. The molecule has 0 radical (unpaired) electrons. The van der Waals surface area contributed by atoms with E-state index < -0.39 is 26.2 Å². The van der Waals surface area contributed by atoms with Gasteiger partial charge in [0.15, 0.2) is 9.84 Å². The van der Waals surface area contributed by atoms with Crippen LogP contribution < -0.4 is 10.1 Å². The number of thiazole rings is 1. The van der Waals surface area contributed by atoms with Crippen molar-refractivity contribution < 1.29 is 32.2 Å². The minimum Gasteiger partial charge on any atom is -0.490 e. The Morgan fingerprint density at radius 3 is 2.38 bits per heavy atom. The van der Waals surface area contributed by atoms with Gasteiger partial charge in [-0.3, -0.25) is 4.98 Å². The first-order valence-electron chi connectivity index (χ1n) is 13.5. The number of esters is 1. The number of benzene rings is 2. The number of aromatic nitrogens is 2. The number of nitrogens with one attached hydrogen (secondary N) is 1. The molecule has 4 rings (SSSR count). The molecule has 0 saturated carbocycles. The van der Waals surface area contributed by atoms with E-state index in [1.807, 2.05) is 18.2 Å². The van der Waals surface area contributed by atoms with Crippen molar-refractivity contribution in [1.29, 1.82) is 0 Å². The molecule has 0 aliphatic heterocycles. The van der Waals surface area contributed by atoms with Crippen LogP contribution >= 0.6 is 11.3 Å². The predicted octanol–water partition coefficient (Wildman–Crippen LogP) is 5.91. The lowest BCUT2D eigenvalue weighted by Crippen LogP contribution is -2.28. The van der Waals surface area contributed by atoms with E-state index in [0.717, 1.165) is 15.9 Å². The maximum absolute atomic E-state index is 13.6. The highest BCUT2D eigenvalue weighted by Gasteiger charge is 2.34. The molecule has 10 nitrogen and oxygen atoms in total. The summed E-state index contributed by atoms with van der Waals surface area (Å²) in [4.78, 5) is 20.6. The highest BCUT2D eigenvalue weighted by atomic mass is 32.2. The molecule has 0 spiro atoms. The van der Waals surface area contributed by atoms with Crippen LogP contribution in [0.1, 0.15) is 41.5 Å². The molecule has 0 amide bonds. The predicted molar refractivity (Wildman–Crippen MR) is 165 cm³/mol. The lowest BCUT2D eigenvalue weighted by Gasteiger charge is -2.22. The van der Waals surface area contributed by atoms with Crippen molar-refractivity contribution in [1.82, 2.24) is 9.97 Å². The highest BCUT2D eigenvalue weighted by Crippen LogP contribution is 2.38. The molecular formula is C30H37N3O7S2. The zero-order valence-electron chi connectivity index (χ0n) is 24.7. The Hall–Kier alpha value is -3.32. The summed E-state index contributed by atoms with van der Waals surface area (Å²) in [5.74, 6) is -0.238. The number of ether oxygens (including phenoxy) is 4. The molecule has 0 aliphatic rings. The van der Waals surface area contributed by atoms with Gasteiger partial charge < -0.3 is 24.3 Å². The summed E-state index contributed by atoms with van der Waals surface area (Å²) in [7, 11) is -3.78. The molecule has 0 bridgehead atoms. The third-order valence-electron chi connectivity index (χ3n) is 6.01. The molecule has 0 saturated heterocycles. The number of pyridine rings is 1. The molecule has 0 fully saturated rings. The van der Waals surface area contributed by atoms with E-state index in [2.05, 4.69) is 15.3 Å². The first-order chi connectivity index (χ1) is 19.7. The fourth-order valence-electron chi connectivity index (χ4n) is 3.96. The lowest BCUT2D eigenvalue weighted by atomic mass is 10.1. The standard InChI is InChI=1S/C30H37N3O7S2/c1-29(2,3)40-28(34)18-38-12-11-37-13-14-39-25-17-23-21(16-27(25)42(35,36)30(4,5)6)22(9-10-31-23)33-20-7-8-26-24(15-20)32-19-41-26/h7-10,15-17,19H,11-14,18H2,1-6H3,(H,31,33). The Morgan fingerprint density at radius 1 is 0.905 bits per heavy atom. The maximum atomic E-state index is 13.6. The topological polar surface area (TPSA) is 126 Å². The molecule has 0 aliphatic carbocycles. The molecule has 0 atom stereocenters.